The van der Waals surface area contributed by atoms with Crippen LogP contribution in [0.15, 0.2) is 24.5 Å². The van der Waals surface area contributed by atoms with Crippen molar-refractivity contribution < 1.29 is 13.6 Å². The van der Waals surface area contributed by atoms with Gasteiger partial charge in [-0.1, -0.05) is 0 Å². The average molecular weight is 293 g/mol. The van der Waals surface area contributed by atoms with Crippen molar-refractivity contribution in [1.82, 2.24) is 15.3 Å². The van der Waals surface area contributed by atoms with E-state index in [9.17, 15) is 13.6 Å². The lowest BCUT2D eigenvalue weighted by atomic mass is 10.1. The predicted octanol–water partition coefficient (Wildman–Crippen LogP) is 1.28. The maximum absolute atomic E-state index is 13.5. The number of nitrogens with one attached hydrogen (secondary N) is 2. The number of nitrogens with two attached hydrogens (primary N) is 1. The molecule has 8 heteroatoms. The first-order valence-corrected chi connectivity index (χ1v) is 6.02. The van der Waals surface area contributed by atoms with E-state index >= 15 is 0 Å². The zero-order valence-corrected chi connectivity index (χ0v) is 11.2. The Labute approximate surface area is 119 Å². The summed E-state index contributed by atoms with van der Waals surface area (Å²) >= 11 is 0. The number of anilines is 1. The zero-order chi connectivity index (χ0) is 15.4. The van der Waals surface area contributed by atoms with Gasteiger partial charge in [0.1, 0.15) is 5.69 Å². The third kappa shape index (κ3) is 3.48. The molecule has 1 aromatic carbocycles. The van der Waals surface area contributed by atoms with Crippen molar-refractivity contribution in [2.24, 2.45) is 5.84 Å². The van der Waals surface area contributed by atoms with Gasteiger partial charge in [0.05, 0.1) is 24.1 Å². The Kier molecular flexibility index (Phi) is 4.39. The molecule has 2 rings (SSSR count). The highest BCUT2D eigenvalue weighted by Crippen LogP contribution is 2.19. The van der Waals surface area contributed by atoms with Crippen LogP contribution in [0.2, 0.25) is 0 Å². The van der Waals surface area contributed by atoms with E-state index in [-0.39, 0.29) is 12.1 Å². The first-order valence-electron chi connectivity index (χ1n) is 6.02. The van der Waals surface area contributed by atoms with Gasteiger partial charge >= 0.3 is 0 Å². The zero-order valence-electron chi connectivity index (χ0n) is 11.2. The van der Waals surface area contributed by atoms with Crippen molar-refractivity contribution in [3.63, 3.8) is 0 Å². The molecule has 0 aliphatic carbocycles. The van der Waals surface area contributed by atoms with E-state index in [0.717, 1.165) is 17.8 Å². The van der Waals surface area contributed by atoms with Gasteiger partial charge < -0.3 is 10.7 Å². The second kappa shape index (κ2) is 6.23. The third-order valence-corrected chi connectivity index (χ3v) is 2.71. The molecule has 0 atom stereocenters. The fourth-order valence-electron chi connectivity index (χ4n) is 1.63. The van der Waals surface area contributed by atoms with Crippen molar-refractivity contribution in [2.75, 3.05) is 5.43 Å². The van der Waals surface area contributed by atoms with Crippen LogP contribution in [0.25, 0.3) is 0 Å². The summed E-state index contributed by atoms with van der Waals surface area (Å²) < 4.78 is 27.0. The second-order valence-corrected chi connectivity index (χ2v) is 4.29. The number of hydrogen-bond acceptors (Lipinski definition) is 5. The van der Waals surface area contributed by atoms with E-state index < -0.39 is 23.2 Å². The van der Waals surface area contributed by atoms with Gasteiger partial charge in [0.2, 0.25) is 0 Å². The molecular formula is C13H13F2N5O. The highest BCUT2D eigenvalue weighted by Gasteiger charge is 2.14. The van der Waals surface area contributed by atoms with Gasteiger partial charge in [0, 0.05) is 11.8 Å². The van der Waals surface area contributed by atoms with Crippen LogP contribution in [-0.2, 0) is 6.54 Å². The van der Waals surface area contributed by atoms with E-state index in [1.807, 2.05) is 5.43 Å². The molecule has 4 N–H and O–H groups in total. The van der Waals surface area contributed by atoms with Crippen molar-refractivity contribution in [1.29, 1.82) is 0 Å². The van der Waals surface area contributed by atoms with Crippen LogP contribution in [-0.4, -0.2) is 15.9 Å². The summed E-state index contributed by atoms with van der Waals surface area (Å²) in [6.45, 7) is 1.89. The lowest BCUT2D eigenvalue weighted by Gasteiger charge is -2.08. The molecule has 0 aliphatic rings. The van der Waals surface area contributed by atoms with Gasteiger partial charge in [-0.2, -0.15) is 0 Å². The third-order valence-electron chi connectivity index (χ3n) is 2.71. The normalized spacial score (nSPS) is 10.3. The number of benzene rings is 1. The molecular weight excluding hydrogens is 280 g/mol. The maximum Gasteiger partial charge on any atom is 0.251 e. The highest BCUT2D eigenvalue weighted by molar-refractivity contribution is 5.94. The minimum absolute atomic E-state index is 0.103. The fraction of sp³-hybridized carbons (Fsp3) is 0.154. The molecule has 21 heavy (non-hydrogen) atoms. The smallest absolute Gasteiger partial charge is 0.251 e. The number of nitrogens with zero attached hydrogens (tertiary/aromatic N) is 2. The van der Waals surface area contributed by atoms with Gasteiger partial charge in [-0.25, -0.2) is 8.78 Å². The minimum Gasteiger partial charge on any atom is -0.346 e. The summed E-state index contributed by atoms with van der Waals surface area (Å²) in [5.74, 6) is 2.46. The lowest BCUT2D eigenvalue weighted by molar-refractivity contribution is 0.0949. The average Bonchev–Trinajstić information content (AvgIpc) is 2.46. The molecule has 0 bridgehead atoms. The van der Waals surface area contributed by atoms with Gasteiger partial charge in [-0.3, -0.25) is 20.6 Å². The molecule has 1 aromatic heterocycles. The summed E-state index contributed by atoms with van der Waals surface area (Å²) in [6, 6.07) is 1.79. The van der Waals surface area contributed by atoms with Crippen LogP contribution < -0.4 is 16.6 Å². The standard InChI is InChI=1S/C13H13F2N5O/c1-7-4-18-9(5-17-7)6-19-13(21)8-2-10(14)12(20-16)11(15)3-8/h2-5,20H,6,16H2,1H3,(H,19,21). The Hall–Kier alpha value is -2.61. The number of hydrazine groups is 1. The van der Waals surface area contributed by atoms with E-state index in [1.54, 1.807) is 13.1 Å². The first-order chi connectivity index (χ1) is 10.0. The number of aromatic nitrogens is 2. The van der Waals surface area contributed by atoms with Crippen LogP contribution in [0.3, 0.4) is 0 Å². The van der Waals surface area contributed by atoms with Gasteiger partial charge in [0.25, 0.3) is 5.91 Å². The van der Waals surface area contributed by atoms with Crippen molar-refractivity contribution in [2.45, 2.75) is 13.5 Å². The monoisotopic (exact) mass is 293 g/mol. The molecule has 0 saturated carbocycles. The molecule has 0 unspecified atom stereocenters. The Morgan fingerprint density at radius 1 is 1.24 bits per heavy atom. The Bertz CT molecular complexity index is 637. The van der Waals surface area contributed by atoms with Crippen LogP contribution >= 0.6 is 0 Å². The Morgan fingerprint density at radius 3 is 2.43 bits per heavy atom. The number of amides is 1. The highest BCUT2D eigenvalue weighted by atomic mass is 19.1. The van der Waals surface area contributed by atoms with Gasteiger partial charge in [-0.15, -0.1) is 0 Å². The summed E-state index contributed by atoms with van der Waals surface area (Å²) in [7, 11) is 0. The number of aryl methyl sites for hydroxylation is 1. The number of nitrogen functional groups attached to an aromatic ring is 1. The number of rotatable bonds is 4. The van der Waals surface area contributed by atoms with Crippen molar-refractivity contribution in [3.8, 4) is 0 Å². The Morgan fingerprint density at radius 2 is 1.90 bits per heavy atom. The van der Waals surface area contributed by atoms with E-state index in [0.29, 0.717) is 5.69 Å². The van der Waals surface area contributed by atoms with Crippen LogP contribution in [0.1, 0.15) is 21.7 Å². The van der Waals surface area contributed by atoms with Crippen molar-refractivity contribution in [3.05, 3.63) is 53.1 Å². The van der Waals surface area contributed by atoms with Gasteiger partial charge in [-0.05, 0) is 19.1 Å². The fourth-order valence-corrected chi connectivity index (χ4v) is 1.63. The molecule has 1 heterocycles. The lowest BCUT2D eigenvalue weighted by Crippen LogP contribution is -2.24. The molecule has 0 spiro atoms. The van der Waals surface area contributed by atoms with E-state index in [4.69, 9.17) is 5.84 Å². The minimum atomic E-state index is -0.947. The molecule has 1 amide bonds. The topological polar surface area (TPSA) is 92.9 Å². The first kappa shape index (κ1) is 14.8. The molecule has 0 radical (unpaired) electrons. The molecule has 6 nitrogen and oxygen atoms in total. The quantitative estimate of drug-likeness (QED) is 0.583. The Balaban J connectivity index is 2.08. The number of carbonyl (C=O) groups is 1. The summed E-state index contributed by atoms with van der Waals surface area (Å²) in [5.41, 5.74) is 2.54. The largest absolute Gasteiger partial charge is 0.346 e. The summed E-state index contributed by atoms with van der Waals surface area (Å²) in [5, 5.41) is 2.50. The molecule has 0 fully saturated rings. The molecule has 110 valence electrons. The summed E-state index contributed by atoms with van der Waals surface area (Å²) in [6.07, 6.45) is 3.07. The van der Waals surface area contributed by atoms with Crippen LogP contribution in [0.4, 0.5) is 14.5 Å². The SMILES string of the molecule is Cc1cnc(CNC(=O)c2cc(F)c(NN)c(F)c2)cn1. The number of halogens is 2. The van der Waals surface area contributed by atoms with Crippen LogP contribution in [0, 0.1) is 18.6 Å². The second-order valence-electron chi connectivity index (χ2n) is 4.29. The number of carbonyl (C=O) groups excluding carboxylic acids is 1. The van der Waals surface area contributed by atoms with Gasteiger partial charge in [0.15, 0.2) is 11.6 Å². The molecule has 2 aromatic rings. The van der Waals surface area contributed by atoms with E-state index in [2.05, 4.69) is 15.3 Å². The number of hydrogen-bond donors (Lipinski definition) is 3. The van der Waals surface area contributed by atoms with Crippen molar-refractivity contribution >= 4 is 11.6 Å². The van der Waals surface area contributed by atoms with Crippen LogP contribution in [0.5, 0.6) is 0 Å². The maximum atomic E-state index is 13.5. The predicted molar refractivity (Wildman–Crippen MR) is 72.1 cm³/mol. The van der Waals surface area contributed by atoms with E-state index in [1.165, 1.54) is 6.20 Å². The molecule has 0 aliphatic heterocycles. The summed E-state index contributed by atoms with van der Waals surface area (Å²) in [4.78, 5) is 19.9. The molecule has 0 saturated heterocycles.